The SMILES string of the molecule is Cc1ccc(C(C)n2cc(Br)c3c(Cl)c(Cl)cnc32)nc1. The van der Waals surface area contributed by atoms with Crippen molar-refractivity contribution in [1.82, 2.24) is 14.5 Å². The Bertz CT molecular complexity index is 812. The first kappa shape index (κ1) is 14.8. The highest BCUT2D eigenvalue weighted by Gasteiger charge is 2.18. The third kappa shape index (κ3) is 2.56. The largest absolute Gasteiger partial charge is 0.323 e. The number of hydrogen-bond acceptors (Lipinski definition) is 2. The van der Waals surface area contributed by atoms with Crippen molar-refractivity contribution in [2.45, 2.75) is 19.9 Å². The number of hydrogen-bond donors (Lipinski definition) is 0. The summed E-state index contributed by atoms with van der Waals surface area (Å²) in [6.45, 7) is 4.10. The number of halogens is 3. The highest BCUT2D eigenvalue weighted by Crippen LogP contribution is 2.37. The van der Waals surface area contributed by atoms with Crippen molar-refractivity contribution in [2.24, 2.45) is 0 Å². The first-order valence-electron chi connectivity index (χ1n) is 6.41. The zero-order valence-corrected chi connectivity index (χ0v) is 14.5. The summed E-state index contributed by atoms with van der Waals surface area (Å²) in [7, 11) is 0. The summed E-state index contributed by atoms with van der Waals surface area (Å²) in [5.74, 6) is 0. The van der Waals surface area contributed by atoms with E-state index in [9.17, 15) is 0 Å². The van der Waals surface area contributed by atoms with Gasteiger partial charge in [0.15, 0.2) is 0 Å². The van der Waals surface area contributed by atoms with Crippen LogP contribution in [-0.2, 0) is 0 Å². The number of aromatic nitrogens is 3. The fourth-order valence-electron chi connectivity index (χ4n) is 2.28. The van der Waals surface area contributed by atoms with Crippen LogP contribution >= 0.6 is 39.1 Å². The number of pyridine rings is 2. The van der Waals surface area contributed by atoms with E-state index in [-0.39, 0.29) is 6.04 Å². The Morgan fingerprint density at radius 3 is 2.62 bits per heavy atom. The van der Waals surface area contributed by atoms with Gasteiger partial charge in [0.25, 0.3) is 0 Å². The van der Waals surface area contributed by atoms with E-state index < -0.39 is 0 Å². The summed E-state index contributed by atoms with van der Waals surface area (Å²) in [5.41, 5.74) is 2.89. The molecule has 0 N–H and O–H groups in total. The second-order valence-corrected chi connectivity index (χ2v) is 6.58. The van der Waals surface area contributed by atoms with Crippen molar-refractivity contribution in [2.75, 3.05) is 0 Å². The van der Waals surface area contributed by atoms with Crippen LogP contribution in [0.5, 0.6) is 0 Å². The highest BCUT2D eigenvalue weighted by molar-refractivity contribution is 9.10. The molecule has 0 spiro atoms. The maximum Gasteiger partial charge on any atom is 0.143 e. The third-order valence-electron chi connectivity index (χ3n) is 3.47. The van der Waals surface area contributed by atoms with Crippen molar-refractivity contribution >= 4 is 50.2 Å². The highest BCUT2D eigenvalue weighted by atomic mass is 79.9. The van der Waals surface area contributed by atoms with Crippen LogP contribution < -0.4 is 0 Å². The number of fused-ring (bicyclic) bond motifs is 1. The van der Waals surface area contributed by atoms with Crippen LogP contribution in [0.2, 0.25) is 10.0 Å². The quantitative estimate of drug-likeness (QED) is 0.590. The molecule has 108 valence electrons. The van der Waals surface area contributed by atoms with Crippen molar-refractivity contribution < 1.29 is 0 Å². The van der Waals surface area contributed by atoms with Crippen molar-refractivity contribution in [3.05, 3.63) is 56.5 Å². The van der Waals surface area contributed by atoms with Gasteiger partial charge in [0.2, 0.25) is 0 Å². The van der Waals surface area contributed by atoms with Gasteiger partial charge in [-0.25, -0.2) is 4.98 Å². The molecule has 0 aliphatic rings. The van der Waals surface area contributed by atoms with Gasteiger partial charge in [-0.15, -0.1) is 0 Å². The van der Waals surface area contributed by atoms with E-state index in [4.69, 9.17) is 23.2 Å². The molecular formula is C15H12BrCl2N3. The molecule has 3 rings (SSSR count). The molecule has 3 aromatic heterocycles. The zero-order chi connectivity index (χ0) is 15.1. The second-order valence-electron chi connectivity index (χ2n) is 4.94. The predicted octanol–water partition coefficient (Wildman–Crippen LogP) is 5.42. The van der Waals surface area contributed by atoms with Crippen LogP contribution in [0.25, 0.3) is 11.0 Å². The number of rotatable bonds is 2. The molecule has 6 heteroatoms. The molecule has 0 fully saturated rings. The fourth-order valence-corrected chi connectivity index (χ4v) is 3.36. The first-order valence-corrected chi connectivity index (χ1v) is 7.96. The molecule has 21 heavy (non-hydrogen) atoms. The first-order chi connectivity index (χ1) is 9.99. The average Bonchev–Trinajstić information content (AvgIpc) is 2.80. The maximum atomic E-state index is 6.29. The molecule has 0 amide bonds. The normalized spacial score (nSPS) is 12.8. The predicted molar refractivity (Wildman–Crippen MR) is 90.2 cm³/mol. The van der Waals surface area contributed by atoms with E-state index in [1.165, 1.54) is 0 Å². The monoisotopic (exact) mass is 383 g/mol. The van der Waals surface area contributed by atoms with E-state index in [2.05, 4.69) is 38.9 Å². The molecule has 1 unspecified atom stereocenters. The minimum atomic E-state index is 0.0455. The van der Waals surface area contributed by atoms with Gasteiger partial charge in [-0.3, -0.25) is 4.98 Å². The lowest BCUT2D eigenvalue weighted by molar-refractivity contribution is 0.637. The van der Waals surface area contributed by atoms with E-state index in [0.29, 0.717) is 10.0 Å². The van der Waals surface area contributed by atoms with E-state index >= 15 is 0 Å². The Kier molecular flexibility index (Phi) is 3.95. The topological polar surface area (TPSA) is 30.7 Å². The fraction of sp³-hybridized carbons (Fsp3) is 0.200. The number of aryl methyl sites for hydroxylation is 1. The summed E-state index contributed by atoms with van der Waals surface area (Å²) in [5, 5.41) is 1.78. The molecule has 0 aliphatic carbocycles. The summed E-state index contributed by atoms with van der Waals surface area (Å²) >= 11 is 15.9. The van der Waals surface area contributed by atoms with Crippen LogP contribution in [0.4, 0.5) is 0 Å². The van der Waals surface area contributed by atoms with Crippen LogP contribution in [0.15, 0.2) is 35.2 Å². The smallest absolute Gasteiger partial charge is 0.143 e. The van der Waals surface area contributed by atoms with Crippen LogP contribution in [0, 0.1) is 6.92 Å². The molecule has 0 radical (unpaired) electrons. The average molecular weight is 385 g/mol. The lowest BCUT2D eigenvalue weighted by Crippen LogP contribution is -2.08. The Morgan fingerprint density at radius 1 is 1.19 bits per heavy atom. The van der Waals surface area contributed by atoms with Gasteiger partial charge >= 0.3 is 0 Å². The Morgan fingerprint density at radius 2 is 1.95 bits per heavy atom. The lowest BCUT2D eigenvalue weighted by atomic mass is 10.2. The van der Waals surface area contributed by atoms with Gasteiger partial charge < -0.3 is 4.57 Å². The molecular weight excluding hydrogens is 373 g/mol. The molecule has 3 aromatic rings. The summed E-state index contributed by atoms with van der Waals surface area (Å²) in [4.78, 5) is 8.90. The van der Waals surface area contributed by atoms with Crippen LogP contribution in [-0.4, -0.2) is 14.5 Å². The van der Waals surface area contributed by atoms with Gasteiger partial charge in [0.1, 0.15) is 5.65 Å². The summed E-state index contributed by atoms with van der Waals surface area (Å²) in [6, 6.07) is 4.12. The summed E-state index contributed by atoms with van der Waals surface area (Å²) < 4.78 is 2.91. The van der Waals surface area contributed by atoms with E-state index in [1.54, 1.807) is 6.20 Å². The molecule has 0 saturated heterocycles. The van der Waals surface area contributed by atoms with Crippen LogP contribution in [0.3, 0.4) is 0 Å². The molecule has 0 aromatic carbocycles. The Balaban J connectivity index is 2.17. The number of nitrogens with zero attached hydrogens (tertiary/aromatic N) is 3. The van der Waals surface area contributed by atoms with Crippen molar-refractivity contribution in [1.29, 1.82) is 0 Å². The van der Waals surface area contributed by atoms with Gasteiger partial charge in [0, 0.05) is 23.1 Å². The summed E-state index contributed by atoms with van der Waals surface area (Å²) in [6.07, 6.45) is 5.40. The van der Waals surface area contributed by atoms with E-state index in [0.717, 1.165) is 26.8 Å². The molecule has 0 saturated carbocycles. The van der Waals surface area contributed by atoms with Gasteiger partial charge in [-0.1, -0.05) is 29.3 Å². The maximum absolute atomic E-state index is 6.29. The zero-order valence-electron chi connectivity index (χ0n) is 11.4. The van der Waals surface area contributed by atoms with E-state index in [1.807, 2.05) is 30.0 Å². The van der Waals surface area contributed by atoms with Gasteiger partial charge in [-0.05, 0) is 41.4 Å². The third-order valence-corrected chi connectivity index (χ3v) is 4.85. The second kappa shape index (κ2) is 5.59. The molecule has 3 nitrogen and oxygen atoms in total. The van der Waals surface area contributed by atoms with Crippen LogP contribution in [0.1, 0.15) is 24.2 Å². The Labute approximate surface area is 141 Å². The Hall–Kier alpha value is -1.10. The molecule has 0 bridgehead atoms. The molecule has 0 aliphatic heterocycles. The van der Waals surface area contributed by atoms with Gasteiger partial charge in [0.05, 0.1) is 27.2 Å². The van der Waals surface area contributed by atoms with Crippen molar-refractivity contribution in [3.8, 4) is 0 Å². The molecule has 1 atom stereocenters. The van der Waals surface area contributed by atoms with Crippen molar-refractivity contribution in [3.63, 3.8) is 0 Å². The lowest BCUT2D eigenvalue weighted by Gasteiger charge is -2.14. The molecule has 3 heterocycles. The minimum absolute atomic E-state index is 0.0455. The minimum Gasteiger partial charge on any atom is -0.323 e. The standard InChI is InChI=1S/C15H12BrCl2N3/c1-8-3-4-12(19-5-8)9(2)21-7-10(16)13-14(18)11(17)6-20-15(13)21/h3-7,9H,1-2H3. The van der Waals surface area contributed by atoms with Gasteiger partial charge in [-0.2, -0.15) is 0 Å².